The van der Waals surface area contributed by atoms with Gasteiger partial charge in [0, 0.05) is 18.1 Å². The van der Waals surface area contributed by atoms with Crippen molar-refractivity contribution in [1.82, 2.24) is 4.90 Å². The zero-order valence-corrected chi connectivity index (χ0v) is 16.4. The molecule has 0 saturated carbocycles. The number of ether oxygens (including phenoxy) is 4. The Balaban J connectivity index is 1.86. The van der Waals surface area contributed by atoms with Crippen LogP contribution in [0.1, 0.15) is 16.8 Å². The first-order valence-corrected chi connectivity index (χ1v) is 9.00. The fraction of sp³-hybridized carbons (Fsp3) is 0.333. The number of amides is 1. The molecule has 29 heavy (non-hydrogen) atoms. The van der Waals surface area contributed by atoms with Gasteiger partial charge in [-0.1, -0.05) is 12.1 Å². The van der Waals surface area contributed by atoms with Gasteiger partial charge in [0.05, 0.1) is 27.9 Å². The van der Waals surface area contributed by atoms with Crippen LogP contribution < -0.4 is 14.2 Å². The summed E-state index contributed by atoms with van der Waals surface area (Å²) in [6, 6.07) is 9.91. The van der Waals surface area contributed by atoms with Crippen LogP contribution in [-0.2, 0) is 9.53 Å². The van der Waals surface area contributed by atoms with Gasteiger partial charge < -0.3 is 23.8 Å². The maximum Gasteiger partial charge on any atom is 0.328 e. The van der Waals surface area contributed by atoms with Crippen molar-refractivity contribution in [3.05, 3.63) is 53.8 Å². The van der Waals surface area contributed by atoms with Crippen LogP contribution in [0.3, 0.4) is 0 Å². The predicted molar refractivity (Wildman–Crippen MR) is 102 cm³/mol. The Kier molecular flexibility index (Phi) is 6.21. The average Bonchev–Trinajstić information content (AvgIpc) is 3.17. The molecule has 1 amide bonds. The molecule has 0 spiro atoms. The van der Waals surface area contributed by atoms with Crippen molar-refractivity contribution in [3.8, 4) is 17.2 Å². The highest BCUT2D eigenvalue weighted by Gasteiger charge is 2.42. The molecule has 1 aliphatic heterocycles. The highest BCUT2D eigenvalue weighted by molar-refractivity contribution is 5.98. The fourth-order valence-corrected chi connectivity index (χ4v) is 3.28. The topological polar surface area (TPSA) is 74.3 Å². The zero-order chi connectivity index (χ0) is 21.0. The molecule has 154 valence electrons. The lowest BCUT2D eigenvalue weighted by molar-refractivity contribution is -0.145. The van der Waals surface area contributed by atoms with Crippen LogP contribution in [0.25, 0.3) is 0 Å². The summed E-state index contributed by atoms with van der Waals surface area (Å²) in [6.45, 7) is 0.104. The number of rotatable bonds is 6. The van der Waals surface area contributed by atoms with Crippen molar-refractivity contribution in [1.29, 1.82) is 0 Å². The molecule has 0 aliphatic carbocycles. The second kappa shape index (κ2) is 8.81. The van der Waals surface area contributed by atoms with Gasteiger partial charge in [0.2, 0.25) is 0 Å². The van der Waals surface area contributed by atoms with Crippen LogP contribution >= 0.6 is 0 Å². The molecular formula is C21H22FNO6. The number of hydrogen-bond acceptors (Lipinski definition) is 6. The molecule has 3 rings (SSSR count). The first kappa shape index (κ1) is 20.4. The Labute approximate surface area is 167 Å². The number of hydrogen-bond donors (Lipinski definition) is 0. The van der Waals surface area contributed by atoms with E-state index in [1.165, 1.54) is 38.4 Å². The minimum Gasteiger partial charge on any atom is -0.497 e. The molecule has 2 unspecified atom stereocenters. The van der Waals surface area contributed by atoms with Crippen LogP contribution in [0.2, 0.25) is 0 Å². The van der Waals surface area contributed by atoms with E-state index in [9.17, 15) is 14.0 Å². The number of carbonyl (C=O) groups is 2. The second-order valence-corrected chi connectivity index (χ2v) is 6.50. The van der Waals surface area contributed by atoms with E-state index < -0.39 is 29.8 Å². The molecule has 8 heteroatoms. The maximum absolute atomic E-state index is 13.9. The van der Waals surface area contributed by atoms with Gasteiger partial charge in [-0.25, -0.2) is 9.18 Å². The van der Waals surface area contributed by atoms with E-state index >= 15 is 0 Å². The lowest BCUT2D eigenvalue weighted by atomic mass is 10.1. The molecule has 2 aromatic rings. The van der Waals surface area contributed by atoms with Crippen molar-refractivity contribution in [3.63, 3.8) is 0 Å². The number of nitrogens with zero attached hydrogens (tertiary/aromatic N) is 1. The van der Waals surface area contributed by atoms with Crippen molar-refractivity contribution in [2.75, 3.05) is 27.9 Å². The summed E-state index contributed by atoms with van der Waals surface area (Å²) >= 11 is 0. The van der Waals surface area contributed by atoms with Gasteiger partial charge in [0.1, 0.15) is 23.6 Å². The zero-order valence-electron chi connectivity index (χ0n) is 16.4. The Morgan fingerprint density at radius 1 is 1.03 bits per heavy atom. The van der Waals surface area contributed by atoms with Crippen LogP contribution in [0.5, 0.6) is 17.2 Å². The molecule has 7 nitrogen and oxygen atoms in total. The van der Waals surface area contributed by atoms with Gasteiger partial charge in [0.15, 0.2) is 11.6 Å². The Bertz CT molecular complexity index is 880. The predicted octanol–water partition coefficient (Wildman–Crippen LogP) is 2.68. The van der Waals surface area contributed by atoms with Crippen LogP contribution in [0.15, 0.2) is 42.5 Å². The number of halogens is 1. The van der Waals surface area contributed by atoms with Crippen molar-refractivity contribution >= 4 is 11.9 Å². The van der Waals surface area contributed by atoms with E-state index in [4.69, 9.17) is 18.9 Å². The summed E-state index contributed by atoms with van der Waals surface area (Å²) in [5, 5.41) is 0. The van der Waals surface area contributed by atoms with Crippen molar-refractivity contribution in [2.24, 2.45) is 0 Å². The van der Waals surface area contributed by atoms with Crippen LogP contribution in [-0.4, -0.2) is 56.8 Å². The molecule has 0 bridgehead atoms. The Morgan fingerprint density at radius 2 is 1.69 bits per heavy atom. The number of para-hydroxylation sites is 1. The number of methoxy groups -OCH3 is 3. The summed E-state index contributed by atoms with van der Waals surface area (Å²) < 4.78 is 34.9. The van der Waals surface area contributed by atoms with Gasteiger partial charge in [-0.2, -0.15) is 0 Å². The summed E-state index contributed by atoms with van der Waals surface area (Å²) in [5.41, 5.74) is 0.293. The number of benzene rings is 2. The third-order valence-corrected chi connectivity index (χ3v) is 4.73. The van der Waals surface area contributed by atoms with E-state index in [2.05, 4.69) is 0 Å². The quantitative estimate of drug-likeness (QED) is 0.691. The summed E-state index contributed by atoms with van der Waals surface area (Å²) in [6.07, 6.45) is -0.374. The first-order valence-electron chi connectivity index (χ1n) is 9.00. The lowest BCUT2D eigenvalue weighted by Crippen LogP contribution is -2.41. The SMILES string of the molecule is COC(=O)C1CC(Oc2ccccc2F)CN1C(=O)c1cc(OC)cc(OC)c1. The summed E-state index contributed by atoms with van der Waals surface area (Å²) in [5.74, 6) is -0.519. The highest BCUT2D eigenvalue weighted by Crippen LogP contribution is 2.29. The number of likely N-dealkylation sites (tertiary alicyclic amines) is 1. The van der Waals surface area contributed by atoms with E-state index in [-0.39, 0.29) is 18.7 Å². The molecule has 1 fully saturated rings. The summed E-state index contributed by atoms with van der Waals surface area (Å²) in [7, 11) is 4.22. The van der Waals surface area contributed by atoms with Gasteiger partial charge in [-0.15, -0.1) is 0 Å². The monoisotopic (exact) mass is 403 g/mol. The highest BCUT2D eigenvalue weighted by atomic mass is 19.1. The molecule has 2 aromatic carbocycles. The van der Waals surface area contributed by atoms with E-state index in [0.717, 1.165) is 0 Å². The summed E-state index contributed by atoms with van der Waals surface area (Å²) in [4.78, 5) is 26.8. The molecule has 1 heterocycles. The van der Waals surface area contributed by atoms with Crippen LogP contribution in [0, 0.1) is 5.82 Å². The van der Waals surface area contributed by atoms with Gasteiger partial charge in [-0.05, 0) is 24.3 Å². The Morgan fingerprint density at radius 3 is 2.28 bits per heavy atom. The first-order chi connectivity index (χ1) is 14.0. The van der Waals surface area contributed by atoms with Gasteiger partial charge in [0.25, 0.3) is 5.91 Å². The van der Waals surface area contributed by atoms with Crippen molar-refractivity contribution < 1.29 is 32.9 Å². The van der Waals surface area contributed by atoms with Gasteiger partial charge in [-0.3, -0.25) is 4.79 Å². The lowest BCUT2D eigenvalue weighted by Gasteiger charge is -2.22. The number of esters is 1. The Hall–Kier alpha value is -3.29. The van der Waals surface area contributed by atoms with E-state index in [0.29, 0.717) is 17.1 Å². The van der Waals surface area contributed by atoms with Crippen LogP contribution in [0.4, 0.5) is 4.39 Å². The van der Waals surface area contributed by atoms with Gasteiger partial charge >= 0.3 is 5.97 Å². The van der Waals surface area contributed by atoms with Crippen molar-refractivity contribution in [2.45, 2.75) is 18.6 Å². The smallest absolute Gasteiger partial charge is 0.328 e. The average molecular weight is 403 g/mol. The molecular weight excluding hydrogens is 381 g/mol. The second-order valence-electron chi connectivity index (χ2n) is 6.50. The molecule has 0 radical (unpaired) electrons. The largest absolute Gasteiger partial charge is 0.497 e. The van der Waals surface area contributed by atoms with E-state index in [1.807, 2.05) is 0 Å². The normalized spacial score (nSPS) is 18.3. The molecule has 0 aromatic heterocycles. The molecule has 1 saturated heterocycles. The molecule has 0 N–H and O–H groups in total. The third-order valence-electron chi connectivity index (χ3n) is 4.73. The molecule has 2 atom stereocenters. The van der Waals surface area contributed by atoms with E-state index in [1.54, 1.807) is 30.3 Å². The number of carbonyl (C=O) groups excluding carboxylic acids is 2. The minimum absolute atomic E-state index is 0.0680. The maximum atomic E-state index is 13.9. The molecule has 1 aliphatic rings. The standard InChI is InChI=1S/C21H22FNO6/c1-26-14-8-13(9-15(10-14)27-2)20(24)23-12-16(11-18(23)21(25)28-3)29-19-7-5-4-6-17(19)22/h4-10,16,18H,11-12H2,1-3H3. The fourth-order valence-electron chi connectivity index (χ4n) is 3.28. The minimum atomic E-state index is -0.846. The third kappa shape index (κ3) is 4.42.